The van der Waals surface area contributed by atoms with Gasteiger partial charge in [0, 0.05) is 29.1 Å². The van der Waals surface area contributed by atoms with Gasteiger partial charge >= 0.3 is 6.36 Å². The Morgan fingerprint density at radius 3 is 2.74 bits per heavy atom. The molecular weight excluding hydrogens is 397 g/mol. The predicted molar refractivity (Wildman–Crippen MR) is 102 cm³/mol. The largest absolute Gasteiger partial charge is 0.573 e. The first kappa shape index (κ1) is 18.3. The third-order valence-electron chi connectivity index (χ3n) is 4.23. The summed E-state index contributed by atoms with van der Waals surface area (Å²) < 4.78 is 41.3. The lowest BCUT2D eigenvalue weighted by atomic mass is 10.2. The van der Waals surface area contributed by atoms with Gasteiger partial charge < -0.3 is 9.64 Å². The molecule has 2 aromatic carbocycles. The highest BCUT2D eigenvalue weighted by Crippen LogP contribution is 2.34. The molecule has 3 nitrogen and oxygen atoms in total. The molecule has 0 spiro atoms. The standard InChI is InChI=1S/C19H14ClF3N2OS/c20-15-10-18(25-7-8-27-17-4-2-1-3-12(17)11-25)24-16-6-5-13(9-14(15)16)26-19(21,22)23/h1-6,9-10H,7-8,11H2. The average Bonchev–Trinajstić information content (AvgIpc) is 2.83. The van der Waals surface area contributed by atoms with Gasteiger partial charge in [0.15, 0.2) is 0 Å². The van der Waals surface area contributed by atoms with E-state index in [0.29, 0.717) is 28.3 Å². The number of alkyl halides is 3. The molecule has 140 valence electrons. The van der Waals surface area contributed by atoms with Crippen LogP contribution in [0.2, 0.25) is 5.02 Å². The van der Waals surface area contributed by atoms with Crippen LogP contribution < -0.4 is 9.64 Å². The molecule has 1 aliphatic heterocycles. The normalized spacial score (nSPS) is 14.7. The van der Waals surface area contributed by atoms with Gasteiger partial charge in [-0.25, -0.2) is 4.98 Å². The van der Waals surface area contributed by atoms with Gasteiger partial charge in [-0.05, 0) is 35.9 Å². The maximum atomic E-state index is 12.4. The summed E-state index contributed by atoms with van der Waals surface area (Å²) in [6.45, 7) is 1.50. The summed E-state index contributed by atoms with van der Waals surface area (Å²) in [5.41, 5.74) is 1.74. The van der Waals surface area contributed by atoms with Crippen LogP contribution in [0.25, 0.3) is 10.9 Å². The van der Waals surface area contributed by atoms with Gasteiger partial charge in [-0.15, -0.1) is 24.9 Å². The van der Waals surface area contributed by atoms with Gasteiger partial charge in [0.25, 0.3) is 0 Å². The molecule has 1 aliphatic rings. The summed E-state index contributed by atoms with van der Waals surface area (Å²) >= 11 is 8.15. The lowest BCUT2D eigenvalue weighted by molar-refractivity contribution is -0.274. The number of ether oxygens (including phenoxy) is 1. The van der Waals surface area contributed by atoms with Gasteiger partial charge in [0.05, 0.1) is 10.5 Å². The van der Waals surface area contributed by atoms with Crippen LogP contribution in [0.1, 0.15) is 5.56 Å². The smallest absolute Gasteiger partial charge is 0.406 e. The van der Waals surface area contributed by atoms with E-state index in [4.69, 9.17) is 11.6 Å². The Kier molecular flexibility index (Phi) is 4.82. The maximum Gasteiger partial charge on any atom is 0.573 e. The molecule has 0 aliphatic carbocycles. The number of fused-ring (bicyclic) bond motifs is 2. The third-order valence-corrected chi connectivity index (χ3v) is 5.63. The van der Waals surface area contributed by atoms with E-state index >= 15 is 0 Å². The van der Waals surface area contributed by atoms with Gasteiger partial charge in [0.1, 0.15) is 11.6 Å². The first-order valence-electron chi connectivity index (χ1n) is 8.21. The molecule has 1 aromatic heterocycles. The topological polar surface area (TPSA) is 25.4 Å². The van der Waals surface area contributed by atoms with E-state index in [1.807, 2.05) is 12.1 Å². The molecule has 0 amide bonds. The maximum absolute atomic E-state index is 12.4. The SMILES string of the molecule is FC(F)(F)Oc1ccc2nc(N3CCSc4ccccc4C3)cc(Cl)c2c1. The minimum Gasteiger partial charge on any atom is -0.406 e. The summed E-state index contributed by atoms with van der Waals surface area (Å²) in [6, 6.07) is 13.9. The number of pyridine rings is 1. The molecule has 4 rings (SSSR count). The van der Waals surface area contributed by atoms with Crippen LogP contribution in [-0.4, -0.2) is 23.6 Å². The first-order valence-corrected chi connectivity index (χ1v) is 9.57. The summed E-state index contributed by atoms with van der Waals surface area (Å²) in [7, 11) is 0. The number of benzene rings is 2. The second-order valence-electron chi connectivity index (χ2n) is 6.07. The fourth-order valence-corrected chi connectivity index (χ4v) is 4.30. The summed E-state index contributed by atoms with van der Waals surface area (Å²) in [6.07, 6.45) is -4.75. The molecular formula is C19H14ClF3N2OS. The quantitative estimate of drug-likeness (QED) is 0.525. The van der Waals surface area contributed by atoms with Gasteiger partial charge in [0.2, 0.25) is 0 Å². The molecule has 2 heterocycles. The number of anilines is 1. The highest BCUT2D eigenvalue weighted by Gasteiger charge is 2.31. The number of halogens is 4. The molecule has 0 saturated heterocycles. The molecule has 3 aromatic rings. The fraction of sp³-hybridized carbons (Fsp3) is 0.211. The van der Waals surface area contributed by atoms with Crippen LogP contribution in [0.4, 0.5) is 19.0 Å². The van der Waals surface area contributed by atoms with Gasteiger partial charge in [-0.1, -0.05) is 29.8 Å². The number of aromatic nitrogens is 1. The molecule has 0 atom stereocenters. The Morgan fingerprint density at radius 1 is 1.11 bits per heavy atom. The first-order chi connectivity index (χ1) is 12.9. The molecule has 0 bridgehead atoms. The van der Waals surface area contributed by atoms with E-state index in [1.54, 1.807) is 17.8 Å². The van der Waals surface area contributed by atoms with Crippen LogP contribution in [0.5, 0.6) is 5.75 Å². The van der Waals surface area contributed by atoms with Crippen molar-refractivity contribution in [2.45, 2.75) is 17.8 Å². The molecule has 8 heteroatoms. The van der Waals surface area contributed by atoms with Crippen LogP contribution in [0, 0.1) is 0 Å². The zero-order valence-electron chi connectivity index (χ0n) is 14.0. The van der Waals surface area contributed by atoms with E-state index in [9.17, 15) is 13.2 Å². The van der Waals surface area contributed by atoms with Crippen molar-refractivity contribution in [1.82, 2.24) is 4.98 Å². The van der Waals surface area contributed by atoms with E-state index in [0.717, 1.165) is 12.3 Å². The molecule has 0 saturated carbocycles. The predicted octanol–water partition coefficient (Wildman–Crippen LogP) is 5.90. The second-order valence-corrected chi connectivity index (χ2v) is 7.61. The Labute approximate surface area is 163 Å². The van der Waals surface area contributed by atoms with E-state index in [-0.39, 0.29) is 5.75 Å². The number of nitrogens with zero attached hydrogens (tertiary/aromatic N) is 2. The van der Waals surface area contributed by atoms with Crippen molar-refractivity contribution in [3.05, 3.63) is 59.1 Å². The monoisotopic (exact) mass is 410 g/mol. The number of thioether (sulfide) groups is 1. The number of rotatable bonds is 2. The van der Waals surface area contributed by atoms with Crippen molar-refractivity contribution >= 4 is 40.1 Å². The van der Waals surface area contributed by atoms with Crippen molar-refractivity contribution in [1.29, 1.82) is 0 Å². The summed E-state index contributed by atoms with van der Waals surface area (Å²) in [5.74, 6) is 1.30. The molecule has 0 radical (unpaired) electrons. The van der Waals surface area contributed by atoms with Crippen molar-refractivity contribution in [3.8, 4) is 5.75 Å². The van der Waals surface area contributed by atoms with Crippen molar-refractivity contribution in [3.63, 3.8) is 0 Å². The fourth-order valence-electron chi connectivity index (χ4n) is 3.03. The summed E-state index contributed by atoms with van der Waals surface area (Å²) in [5, 5.41) is 0.763. The van der Waals surface area contributed by atoms with E-state index < -0.39 is 6.36 Å². The van der Waals surface area contributed by atoms with Crippen LogP contribution in [0.15, 0.2) is 53.4 Å². The number of hydrogen-bond donors (Lipinski definition) is 0. The van der Waals surface area contributed by atoms with Crippen molar-refractivity contribution in [2.24, 2.45) is 0 Å². The van der Waals surface area contributed by atoms with Crippen molar-refractivity contribution < 1.29 is 17.9 Å². The minimum absolute atomic E-state index is 0.313. The van der Waals surface area contributed by atoms with Crippen LogP contribution >= 0.6 is 23.4 Å². The van der Waals surface area contributed by atoms with Gasteiger partial charge in [-0.2, -0.15) is 0 Å². The Balaban J connectivity index is 1.68. The highest BCUT2D eigenvalue weighted by molar-refractivity contribution is 7.99. The molecule has 0 N–H and O–H groups in total. The zero-order chi connectivity index (χ0) is 19.0. The van der Waals surface area contributed by atoms with Gasteiger partial charge in [-0.3, -0.25) is 0 Å². The highest BCUT2D eigenvalue weighted by atomic mass is 35.5. The second kappa shape index (κ2) is 7.13. The minimum atomic E-state index is -4.75. The van der Waals surface area contributed by atoms with Crippen LogP contribution in [0.3, 0.4) is 0 Å². The average molecular weight is 411 g/mol. The van der Waals surface area contributed by atoms with E-state index in [2.05, 4.69) is 26.8 Å². The summed E-state index contributed by atoms with van der Waals surface area (Å²) in [4.78, 5) is 7.99. The molecule has 0 fully saturated rings. The Morgan fingerprint density at radius 2 is 1.93 bits per heavy atom. The molecule has 27 heavy (non-hydrogen) atoms. The zero-order valence-corrected chi connectivity index (χ0v) is 15.5. The van der Waals surface area contributed by atoms with Crippen molar-refractivity contribution in [2.75, 3.05) is 17.2 Å². The lowest BCUT2D eigenvalue weighted by Crippen LogP contribution is -2.24. The lowest BCUT2D eigenvalue weighted by Gasteiger charge is -2.22. The Hall–Kier alpha value is -2.12. The third kappa shape index (κ3) is 4.09. The number of hydrogen-bond acceptors (Lipinski definition) is 4. The van der Waals surface area contributed by atoms with Crippen LogP contribution in [-0.2, 0) is 6.54 Å². The Bertz CT molecular complexity index is 996. The molecule has 0 unspecified atom stereocenters. The van der Waals surface area contributed by atoms with E-state index in [1.165, 1.54) is 28.7 Å².